The van der Waals surface area contributed by atoms with Crippen molar-refractivity contribution in [1.29, 1.82) is 0 Å². The molecule has 0 spiro atoms. The first-order chi connectivity index (χ1) is 9.66. The monoisotopic (exact) mass is 273 g/mol. The summed E-state index contributed by atoms with van der Waals surface area (Å²) < 4.78 is 0. The van der Waals surface area contributed by atoms with Crippen LogP contribution in [-0.4, -0.2) is 31.4 Å². The van der Waals surface area contributed by atoms with E-state index in [0.717, 1.165) is 24.5 Å². The van der Waals surface area contributed by atoms with Gasteiger partial charge in [-0.3, -0.25) is 9.59 Å². The Hall–Kier alpha value is -2.04. The highest BCUT2D eigenvalue weighted by molar-refractivity contribution is 6.02. The van der Waals surface area contributed by atoms with Crippen LogP contribution in [0.4, 0.5) is 11.4 Å². The van der Waals surface area contributed by atoms with Crippen molar-refractivity contribution in [3.8, 4) is 0 Å². The molecule has 5 nitrogen and oxygen atoms in total. The Bertz CT molecular complexity index is 538. The molecule has 2 amide bonds. The molecule has 0 unspecified atom stereocenters. The van der Waals surface area contributed by atoms with Crippen molar-refractivity contribution < 1.29 is 9.59 Å². The van der Waals surface area contributed by atoms with E-state index in [0.29, 0.717) is 6.54 Å². The van der Waals surface area contributed by atoms with Gasteiger partial charge in [0.25, 0.3) is 0 Å². The summed E-state index contributed by atoms with van der Waals surface area (Å²) in [4.78, 5) is 27.5. The summed E-state index contributed by atoms with van der Waals surface area (Å²) in [5.74, 6) is -0.769. The van der Waals surface area contributed by atoms with Gasteiger partial charge in [0.15, 0.2) is 0 Å². The number of amides is 2. The highest BCUT2D eigenvalue weighted by Gasteiger charge is 2.35. The van der Waals surface area contributed by atoms with Gasteiger partial charge in [-0.2, -0.15) is 0 Å². The van der Waals surface area contributed by atoms with E-state index in [1.807, 2.05) is 24.3 Å². The number of nitrogens with two attached hydrogens (primary N) is 1. The number of para-hydroxylation sites is 2. The second-order valence-corrected chi connectivity index (χ2v) is 5.49. The lowest BCUT2D eigenvalue weighted by Crippen LogP contribution is -2.30. The molecule has 2 N–H and O–H groups in total. The van der Waals surface area contributed by atoms with Crippen molar-refractivity contribution in [1.82, 2.24) is 0 Å². The molecule has 3 rings (SSSR count). The summed E-state index contributed by atoms with van der Waals surface area (Å²) in [7, 11) is 0. The van der Waals surface area contributed by atoms with Gasteiger partial charge in [-0.25, -0.2) is 0 Å². The summed E-state index contributed by atoms with van der Waals surface area (Å²) >= 11 is 0. The van der Waals surface area contributed by atoms with Gasteiger partial charge in [0.05, 0.1) is 17.3 Å². The third kappa shape index (κ3) is 2.24. The molecule has 1 aromatic carbocycles. The molecule has 1 aromatic rings. The summed E-state index contributed by atoms with van der Waals surface area (Å²) in [6.45, 7) is 2.45. The maximum atomic E-state index is 12.2. The Labute approximate surface area is 118 Å². The largest absolute Gasteiger partial charge is 0.370 e. The standard InChI is InChI=1S/C15H19N3O2/c16-15(20)11-9-14(19)18(10-11)13-6-2-1-5-12(13)17-7-3-4-8-17/h1-2,5-6,11H,3-4,7-10H2,(H2,16,20)/t11-/m1/s1. The van der Waals surface area contributed by atoms with Gasteiger partial charge in [0.2, 0.25) is 11.8 Å². The van der Waals surface area contributed by atoms with Crippen LogP contribution in [0.2, 0.25) is 0 Å². The number of carbonyl (C=O) groups is 2. The molecule has 2 aliphatic rings. The predicted octanol–water partition coefficient (Wildman–Crippen LogP) is 1.12. The van der Waals surface area contributed by atoms with Crippen LogP contribution in [0.15, 0.2) is 24.3 Å². The van der Waals surface area contributed by atoms with Gasteiger partial charge in [0.1, 0.15) is 0 Å². The molecule has 1 atom stereocenters. The van der Waals surface area contributed by atoms with Crippen molar-refractivity contribution in [2.75, 3.05) is 29.4 Å². The van der Waals surface area contributed by atoms with Crippen molar-refractivity contribution >= 4 is 23.2 Å². The summed E-state index contributed by atoms with van der Waals surface area (Å²) in [6.07, 6.45) is 2.60. The van der Waals surface area contributed by atoms with Crippen molar-refractivity contribution in [2.45, 2.75) is 19.3 Å². The van der Waals surface area contributed by atoms with E-state index in [9.17, 15) is 9.59 Å². The lowest BCUT2D eigenvalue weighted by Gasteiger charge is -2.26. The number of anilines is 2. The first-order valence-electron chi connectivity index (χ1n) is 7.10. The van der Waals surface area contributed by atoms with Crippen LogP contribution in [0.1, 0.15) is 19.3 Å². The smallest absolute Gasteiger partial charge is 0.227 e. The van der Waals surface area contributed by atoms with Gasteiger partial charge < -0.3 is 15.5 Å². The van der Waals surface area contributed by atoms with Crippen molar-refractivity contribution in [2.24, 2.45) is 11.7 Å². The molecule has 0 aliphatic carbocycles. The van der Waals surface area contributed by atoms with Gasteiger partial charge in [-0.15, -0.1) is 0 Å². The normalized spacial score (nSPS) is 22.6. The van der Waals surface area contributed by atoms with Crippen molar-refractivity contribution in [3.05, 3.63) is 24.3 Å². The van der Waals surface area contributed by atoms with Crippen molar-refractivity contribution in [3.63, 3.8) is 0 Å². The molecule has 0 aromatic heterocycles. The van der Waals surface area contributed by atoms with E-state index in [1.165, 1.54) is 12.8 Å². The maximum Gasteiger partial charge on any atom is 0.227 e. The van der Waals surface area contributed by atoms with Crippen LogP contribution in [0.3, 0.4) is 0 Å². The topological polar surface area (TPSA) is 66.6 Å². The van der Waals surface area contributed by atoms with Gasteiger partial charge in [-0.1, -0.05) is 12.1 Å². The van der Waals surface area contributed by atoms with E-state index in [2.05, 4.69) is 4.90 Å². The predicted molar refractivity (Wildman–Crippen MR) is 77.5 cm³/mol. The Morgan fingerprint density at radius 2 is 1.80 bits per heavy atom. The fourth-order valence-corrected chi connectivity index (χ4v) is 3.05. The van der Waals surface area contributed by atoms with Crippen LogP contribution in [-0.2, 0) is 9.59 Å². The SMILES string of the molecule is NC(=O)[C@@H]1CC(=O)N(c2ccccc2N2CCCC2)C1. The quantitative estimate of drug-likeness (QED) is 0.897. The van der Waals surface area contributed by atoms with Gasteiger partial charge in [-0.05, 0) is 25.0 Å². The minimum absolute atomic E-state index is 0.0135. The van der Waals surface area contributed by atoms with Crippen LogP contribution < -0.4 is 15.5 Å². The average molecular weight is 273 g/mol. The Morgan fingerprint density at radius 3 is 2.40 bits per heavy atom. The number of hydrogen-bond acceptors (Lipinski definition) is 3. The number of primary amides is 1. The van der Waals surface area contributed by atoms with Crippen LogP contribution >= 0.6 is 0 Å². The fraction of sp³-hybridized carbons (Fsp3) is 0.467. The highest BCUT2D eigenvalue weighted by Crippen LogP contribution is 2.35. The first-order valence-corrected chi connectivity index (χ1v) is 7.10. The summed E-state index contributed by atoms with van der Waals surface area (Å²) in [6, 6.07) is 7.92. The third-order valence-corrected chi connectivity index (χ3v) is 4.15. The molecule has 20 heavy (non-hydrogen) atoms. The summed E-state index contributed by atoms with van der Waals surface area (Å²) in [5.41, 5.74) is 7.32. The van der Waals surface area contributed by atoms with E-state index in [1.54, 1.807) is 4.90 Å². The number of rotatable bonds is 3. The molecule has 2 fully saturated rings. The first kappa shape index (κ1) is 13.0. The van der Waals surface area contributed by atoms with Crippen LogP contribution in [0.25, 0.3) is 0 Å². The molecule has 106 valence electrons. The molecule has 0 bridgehead atoms. The number of hydrogen-bond donors (Lipinski definition) is 1. The highest BCUT2D eigenvalue weighted by atomic mass is 16.2. The van der Waals surface area contributed by atoms with E-state index in [4.69, 9.17) is 5.73 Å². The van der Waals surface area contributed by atoms with E-state index < -0.39 is 0 Å². The van der Waals surface area contributed by atoms with Gasteiger partial charge in [0, 0.05) is 26.1 Å². The average Bonchev–Trinajstić information content (AvgIpc) is 3.08. The molecule has 2 heterocycles. The Kier molecular flexibility index (Phi) is 3.34. The zero-order valence-corrected chi connectivity index (χ0v) is 11.4. The van der Waals surface area contributed by atoms with E-state index >= 15 is 0 Å². The minimum Gasteiger partial charge on any atom is -0.370 e. The zero-order chi connectivity index (χ0) is 14.1. The second-order valence-electron chi connectivity index (χ2n) is 5.49. The molecule has 0 radical (unpaired) electrons. The molecular formula is C15H19N3O2. The number of nitrogens with zero attached hydrogens (tertiary/aromatic N) is 2. The third-order valence-electron chi connectivity index (χ3n) is 4.15. The zero-order valence-electron chi connectivity index (χ0n) is 11.4. The molecule has 0 saturated carbocycles. The maximum absolute atomic E-state index is 12.2. The van der Waals surface area contributed by atoms with Crippen LogP contribution in [0.5, 0.6) is 0 Å². The summed E-state index contributed by atoms with van der Waals surface area (Å²) in [5, 5.41) is 0. The molecule has 5 heteroatoms. The molecule has 2 aliphatic heterocycles. The number of carbonyl (C=O) groups excluding carboxylic acids is 2. The molecular weight excluding hydrogens is 254 g/mol. The van der Waals surface area contributed by atoms with E-state index in [-0.39, 0.29) is 24.2 Å². The number of benzene rings is 1. The second kappa shape index (κ2) is 5.15. The fourth-order valence-electron chi connectivity index (χ4n) is 3.05. The minimum atomic E-state index is -0.389. The Morgan fingerprint density at radius 1 is 1.15 bits per heavy atom. The van der Waals surface area contributed by atoms with Crippen LogP contribution in [0, 0.1) is 5.92 Å². The Balaban J connectivity index is 1.90. The van der Waals surface area contributed by atoms with Gasteiger partial charge >= 0.3 is 0 Å². The lowest BCUT2D eigenvalue weighted by atomic mass is 10.1. The lowest BCUT2D eigenvalue weighted by molar-refractivity contribution is -0.123. The molecule has 2 saturated heterocycles.